The molecule has 0 spiro atoms. The lowest BCUT2D eigenvalue weighted by atomic mass is 9.84. The zero-order valence-corrected chi connectivity index (χ0v) is 20.5. The number of piperazine rings is 1. The van der Waals surface area contributed by atoms with Crippen LogP contribution in [-0.4, -0.2) is 62.1 Å². The molecule has 188 valence electrons. The van der Waals surface area contributed by atoms with E-state index in [2.05, 4.69) is 16.3 Å². The lowest BCUT2D eigenvalue weighted by Crippen LogP contribution is -2.50. The van der Waals surface area contributed by atoms with Crippen molar-refractivity contribution in [2.24, 2.45) is 0 Å². The van der Waals surface area contributed by atoms with Crippen LogP contribution in [0.3, 0.4) is 0 Å². The van der Waals surface area contributed by atoms with Crippen molar-refractivity contribution in [3.63, 3.8) is 0 Å². The predicted octanol–water partition coefficient (Wildman–Crippen LogP) is 3.55. The number of ether oxygens (including phenoxy) is 2. The average molecular weight is 484 g/mol. The summed E-state index contributed by atoms with van der Waals surface area (Å²) in [5.74, 6) is 0.722. The molecule has 1 atom stereocenters. The fourth-order valence-corrected chi connectivity index (χ4v) is 5.08. The number of benzene rings is 2. The molecule has 0 radical (unpaired) electrons. The molecular weight excluding hydrogens is 449 g/mol. The maximum atomic E-state index is 13.8. The largest absolute Gasteiger partial charge is 0.494 e. The molecule has 35 heavy (non-hydrogen) atoms. The van der Waals surface area contributed by atoms with Crippen LogP contribution in [0.15, 0.2) is 42.5 Å². The zero-order valence-electron chi connectivity index (χ0n) is 20.5. The second-order valence-electron chi connectivity index (χ2n) is 9.24. The number of carbonyl (C=O) groups excluding carboxylic acids is 2. The van der Waals surface area contributed by atoms with Crippen molar-refractivity contribution in [1.29, 1.82) is 0 Å². The third kappa shape index (κ3) is 5.86. The van der Waals surface area contributed by atoms with Crippen molar-refractivity contribution in [3.05, 3.63) is 53.8 Å². The highest BCUT2D eigenvalue weighted by molar-refractivity contribution is 5.80. The van der Waals surface area contributed by atoms with Gasteiger partial charge in [-0.3, -0.25) is 9.59 Å². The van der Waals surface area contributed by atoms with E-state index in [1.165, 1.54) is 13.2 Å². The highest BCUT2D eigenvalue weighted by atomic mass is 19.1. The number of hydrogen-bond acceptors (Lipinski definition) is 5. The van der Waals surface area contributed by atoms with Gasteiger partial charge in [0.25, 0.3) is 0 Å². The van der Waals surface area contributed by atoms with Gasteiger partial charge in [-0.2, -0.15) is 0 Å². The van der Waals surface area contributed by atoms with Gasteiger partial charge in [-0.25, -0.2) is 4.39 Å². The minimum absolute atomic E-state index is 0.00639. The molecule has 2 aromatic rings. The van der Waals surface area contributed by atoms with E-state index in [0.29, 0.717) is 51.8 Å². The summed E-state index contributed by atoms with van der Waals surface area (Å²) in [6.07, 6.45) is 2.52. The van der Waals surface area contributed by atoms with E-state index in [-0.39, 0.29) is 17.6 Å². The number of hydrogen-bond donors (Lipinski definition) is 1. The summed E-state index contributed by atoms with van der Waals surface area (Å²) in [6, 6.07) is 12.8. The molecular formula is C27H34FN3O4. The summed E-state index contributed by atoms with van der Waals surface area (Å²) in [5, 5.41) is 3.11. The van der Waals surface area contributed by atoms with E-state index in [0.717, 1.165) is 30.1 Å². The van der Waals surface area contributed by atoms with Gasteiger partial charge in [0.1, 0.15) is 5.75 Å². The van der Waals surface area contributed by atoms with Crippen LogP contribution >= 0.6 is 0 Å². The summed E-state index contributed by atoms with van der Waals surface area (Å²) < 4.78 is 24.7. The van der Waals surface area contributed by atoms with E-state index in [9.17, 15) is 14.0 Å². The lowest BCUT2D eigenvalue weighted by molar-refractivity contribution is -0.132. The first kappa shape index (κ1) is 24.8. The second-order valence-corrected chi connectivity index (χ2v) is 9.24. The van der Waals surface area contributed by atoms with Gasteiger partial charge in [-0.15, -0.1) is 0 Å². The molecule has 1 N–H and O–H groups in total. The molecule has 0 bridgehead atoms. The maximum Gasteiger partial charge on any atom is 0.222 e. The Labute approximate surface area is 206 Å². The van der Waals surface area contributed by atoms with Gasteiger partial charge in [0.15, 0.2) is 11.6 Å². The first-order chi connectivity index (χ1) is 16.9. The zero-order chi connectivity index (χ0) is 24.8. The molecule has 0 aliphatic carbocycles. The van der Waals surface area contributed by atoms with Gasteiger partial charge in [0.05, 0.1) is 19.4 Å². The summed E-state index contributed by atoms with van der Waals surface area (Å²) >= 11 is 0. The number of nitrogens with zero attached hydrogens (tertiary/aromatic N) is 2. The Morgan fingerprint density at radius 1 is 1.11 bits per heavy atom. The number of para-hydroxylation sites is 2. The van der Waals surface area contributed by atoms with E-state index in [4.69, 9.17) is 9.47 Å². The summed E-state index contributed by atoms with van der Waals surface area (Å²) in [6.45, 7) is 5.36. The molecule has 2 aromatic carbocycles. The first-order valence-corrected chi connectivity index (χ1v) is 12.3. The highest BCUT2D eigenvalue weighted by Crippen LogP contribution is 2.32. The fraction of sp³-hybridized carbons (Fsp3) is 0.481. The topological polar surface area (TPSA) is 71.1 Å². The summed E-state index contributed by atoms with van der Waals surface area (Å²) in [4.78, 5) is 29.4. The minimum atomic E-state index is -0.506. The van der Waals surface area contributed by atoms with Gasteiger partial charge in [-0.1, -0.05) is 18.2 Å². The van der Waals surface area contributed by atoms with Crippen LogP contribution in [0.1, 0.15) is 38.2 Å². The smallest absolute Gasteiger partial charge is 0.222 e. The van der Waals surface area contributed by atoms with Crippen LogP contribution in [-0.2, 0) is 16.0 Å². The third-order valence-corrected chi connectivity index (χ3v) is 6.95. The van der Waals surface area contributed by atoms with Crippen molar-refractivity contribution in [2.45, 2.75) is 44.6 Å². The SMILES string of the molecule is CCOc1ccccc1N1CCN(C(=O)CC[C@]2(Cc3ccc(F)c(OC)c3)CCC(=O)N2)CC1. The van der Waals surface area contributed by atoms with Crippen LogP contribution in [0.2, 0.25) is 0 Å². The number of amides is 2. The molecule has 2 heterocycles. The number of anilines is 1. The number of carbonyl (C=O) groups is 2. The first-order valence-electron chi connectivity index (χ1n) is 12.3. The lowest BCUT2D eigenvalue weighted by Gasteiger charge is -2.37. The van der Waals surface area contributed by atoms with Crippen molar-refractivity contribution in [3.8, 4) is 11.5 Å². The van der Waals surface area contributed by atoms with Crippen LogP contribution in [0.4, 0.5) is 10.1 Å². The Bertz CT molecular complexity index is 1050. The Balaban J connectivity index is 1.36. The number of rotatable bonds is 9. The van der Waals surface area contributed by atoms with Gasteiger partial charge in [-0.05, 0) is 56.0 Å². The molecule has 7 nitrogen and oxygen atoms in total. The van der Waals surface area contributed by atoms with Gasteiger partial charge in [0, 0.05) is 44.6 Å². The minimum Gasteiger partial charge on any atom is -0.494 e. The standard InChI is InChI=1S/C27H34FN3O4/c1-3-35-23-7-5-4-6-22(23)30-14-16-31(17-15-30)26(33)11-13-27(12-10-25(32)29-27)19-20-8-9-21(28)24(18-20)34-2/h4-9,18H,3,10-17,19H2,1-2H3,(H,29,32)/t27-/m0/s1. The van der Waals surface area contributed by atoms with Crippen LogP contribution in [0.25, 0.3) is 0 Å². The Morgan fingerprint density at radius 3 is 2.57 bits per heavy atom. The molecule has 4 rings (SSSR count). The third-order valence-electron chi connectivity index (χ3n) is 6.95. The van der Waals surface area contributed by atoms with Gasteiger partial charge >= 0.3 is 0 Å². The van der Waals surface area contributed by atoms with Crippen molar-refractivity contribution in [1.82, 2.24) is 10.2 Å². The summed E-state index contributed by atoms with van der Waals surface area (Å²) in [7, 11) is 1.43. The van der Waals surface area contributed by atoms with E-state index in [1.807, 2.05) is 30.0 Å². The molecule has 2 fully saturated rings. The highest BCUT2D eigenvalue weighted by Gasteiger charge is 2.38. The second kappa shape index (κ2) is 11.0. The normalized spacial score (nSPS) is 20.0. The van der Waals surface area contributed by atoms with Gasteiger partial charge < -0.3 is 24.6 Å². The average Bonchev–Trinajstić information content (AvgIpc) is 3.24. The van der Waals surface area contributed by atoms with E-state index in [1.54, 1.807) is 12.1 Å². The summed E-state index contributed by atoms with van der Waals surface area (Å²) in [5.41, 5.74) is 1.43. The van der Waals surface area contributed by atoms with Crippen molar-refractivity contribution >= 4 is 17.5 Å². The molecule has 2 saturated heterocycles. The maximum absolute atomic E-state index is 13.8. The van der Waals surface area contributed by atoms with Crippen LogP contribution in [0.5, 0.6) is 11.5 Å². The quantitative estimate of drug-likeness (QED) is 0.591. The number of methoxy groups -OCH3 is 1. The Kier molecular flexibility index (Phi) is 7.78. The van der Waals surface area contributed by atoms with E-state index >= 15 is 0 Å². The van der Waals surface area contributed by atoms with Crippen molar-refractivity contribution < 1.29 is 23.5 Å². The van der Waals surface area contributed by atoms with Crippen molar-refractivity contribution in [2.75, 3.05) is 44.8 Å². The molecule has 2 aliphatic rings. The Morgan fingerprint density at radius 2 is 1.89 bits per heavy atom. The molecule has 8 heteroatoms. The molecule has 0 saturated carbocycles. The molecule has 2 amide bonds. The van der Waals surface area contributed by atoms with Crippen LogP contribution in [0, 0.1) is 5.82 Å². The Hall–Kier alpha value is -3.29. The van der Waals surface area contributed by atoms with Gasteiger partial charge in [0.2, 0.25) is 11.8 Å². The fourth-order valence-electron chi connectivity index (χ4n) is 5.08. The number of halogens is 1. The molecule has 0 aromatic heterocycles. The number of nitrogens with one attached hydrogen (secondary N) is 1. The molecule has 0 unspecified atom stereocenters. The predicted molar refractivity (Wildman–Crippen MR) is 132 cm³/mol. The monoisotopic (exact) mass is 483 g/mol. The van der Waals surface area contributed by atoms with Crippen LogP contribution < -0.4 is 19.7 Å². The molecule has 2 aliphatic heterocycles. The van der Waals surface area contributed by atoms with E-state index < -0.39 is 11.4 Å².